The molecule has 130 valence electrons. The molecule has 8 heteroatoms. The van der Waals surface area contributed by atoms with Crippen LogP contribution < -0.4 is 4.37 Å². The molecular formula is C17H14F3N2OS2+. The first-order valence-electron chi connectivity index (χ1n) is 7.27. The Bertz CT molecular complexity index is 918. The average molecular weight is 383 g/mol. The highest BCUT2D eigenvalue weighted by atomic mass is 32.2. The summed E-state index contributed by atoms with van der Waals surface area (Å²) in [4.78, 5) is 14.3. The number of nitrogens with zero attached hydrogens (tertiary/aromatic N) is 1. The standard InChI is InChI=1S/C17H13F3N2OS2/c1-22(2)16(23)24-13-8-5-11-9-21-25-15(11)14(13)10-3-6-12(7-4-10)17(18,19)20/h3-9H,1-2H3/p+1. The summed E-state index contributed by atoms with van der Waals surface area (Å²) in [6.45, 7) is 0. The minimum absolute atomic E-state index is 0.145. The molecule has 0 atom stereocenters. The number of nitrogens with one attached hydrogen (secondary N) is 1. The highest BCUT2D eigenvalue weighted by Gasteiger charge is 2.30. The lowest BCUT2D eigenvalue weighted by Crippen LogP contribution is -2.16. The third kappa shape index (κ3) is 3.64. The number of thioether (sulfide) groups is 1. The molecule has 3 nitrogen and oxygen atoms in total. The number of amides is 1. The first-order chi connectivity index (χ1) is 11.8. The Morgan fingerprint density at radius 2 is 1.80 bits per heavy atom. The van der Waals surface area contributed by atoms with Crippen LogP contribution >= 0.6 is 23.3 Å². The van der Waals surface area contributed by atoms with Crippen LogP contribution in [0.2, 0.25) is 0 Å². The molecule has 0 saturated carbocycles. The maximum Gasteiger partial charge on any atom is 0.416 e. The Hall–Kier alpha value is -2.06. The van der Waals surface area contributed by atoms with Gasteiger partial charge in [-0.3, -0.25) is 4.79 Å². The summed E-state index contributed by atoms with van der Waals surface area (Å²) in [5.74, 6) is 0. The van der Waals surface area contributed by atoms with Gasteiger partial charge in [0.15, 0.2) is 6.20 Å². The summed E-state index contributed by atoms with van der Waals surface area (Å²) in [6.07, 6.45) is -2.55. The van der Waals surface area contributed by atoms with E-state index in [0.29, 0.717) is 10.5 Å². The van der Waals surface area contributed by atoms with E-state index in [4.69, 9.17) is 0 Å². The molecular weight excluding hydrogens is 369 g/mol. The fourth-order valence-corrected chi connectivity index (χ4v) is 4.10. The van der Waals surface area contributed by atoms with E-state index in [0.717, 1.165) is 39.5 Å². The number of halogens is 3. The van der Waals surface area contributed by atoms with Gasteiger partial charge in [0.05, 0.1) is 10.9 Å². The molecule has 0 aliphatic heterocycles. The number of carbonyl (C=O) groups excluding carboxylic acids is 1. The van der Waals surface area contributed by atoms with Gasteiger partial charge < -0.3 is 4.90 Å². The zero-order valence-electron chi connectivity index (χ0n) is 13.3. The highest BCUT2D eigenvalue weighted by Crippen LogP contribution is 2.40. The normalized spacial score (nSPS) is 11.7. The van der Waals surface area contributed by atoms with Crippen LogP contribution in [0.5, 0.6) is 0 Å². The van der Waals surface area contributed by atoms with Gasteiger partial charge >= 0.3 is 6.18 Å². The van der Waals surface area contributed by atoms with E-state index in [2.05, 4.69) is 4.37 Å². The number of H-pyrrole nitrogens is 1. The Kier molecular flexibility index (Phi) is 4.75. The molecule has 0 aliphatic rings. The van der Waals surface area contributed by atoms with Crippen LogP contribution in [0.25, 0.3) is 21.2 Å². The maximum absolute atomic E-state index is 12.8. The van der Waals surface area contributed by atoms with E-state index in [1.807, 2.05) is 18.3 Å². The largest absolute Gasteiger partial charge is 0.416 e. The van der Waals surface area contributed by atoms with Crippen molar-refractivity contribution < 1.29 is 22.3 Å². The van der Waals surface area contributed by atoms with Crippen molar-refractivity contribution in [1.29, 1.82) is 0 Å². The van der Waals surface area contributed by atoms with Crippen LogP contribution in [0.15, 0.2) is 47.5 Å². The topological polar surface area (TPSA) is 34.5 Å². The third-order valence-corrected chi connectivity index (χ3v) is 5.57. The summed E-state index contributed by atoms with van der Waals surface area (Å²) in [5.41, 5.74) is 0.709. The van der Waals surface area contributed by atoms with Crippen LogP contribution in [-0.4, -0.2) is 24.2 Å². The lowest BCUT2D eigenvalue weighted by Gasteiger charge is -2.13. The van der Waals surface area contributed by atoms with Crippen molar-refractivity contribution in [1.82, 2.24) is 4.90 Å². The van der Waals surface area contributed by atoms with Crippen molar-refractivity contribution in [2.45, 2.75) is 11.1 Å². The molecule has 0 aliphatic carbocycles. The number of carbonyl (C=O) groups is 1. The monoisotopic (exact) mass is 383 g/mol. The third-order valence-electron chi connectivity index (χ3n) is 3.59. The van der Waals surface area contributed by atoms with Gasteiger partial charge in [0.25, 0.3) is 5.24 Å². The van der Waals surface area contributed by atoms with Crippen LogP contribution in [-0.2, 0) is 6.18 Å². The molecule has 0 saturated heterocycles. The van der Waals surface area contributed by atoms with E-state index in [1.165, 1.54) is 28.6 Å². The summed E-state index contributed by atoms with van der Waals surface area (Å²) in [5, 5.41) is 0.801. The second-order valence-electron chi connectivity index (χ2n) is 5.56. The Balaban J connectivity index is 2.12. The Morgan fingerprint density at radius 3 is 2.40 bits per heavy atom. The highest BCUT2D eigenvalue weighted by molar-refractivity contribution is 8.13. The zero-order chi connectivity index (χ0) is 18.2. The molecule has 1 heterocycles. The summed E-state index contributed by atoms with van der Waals surface area (Å²) in [7, 11) is 3.31. The molecule has 0 bridgehead atoms. The van der Waals surface area contributed by atoms with Crippen molar-refractivity contribution in [2.75, 3.05) is 14.1 Å². The van der Waals surface area contributed by atoms with E-state index in [9.17, 15) is 18.0 Å². The minimum Gasteiger partial charge on any atom is -0.339 e. The number of fused-ring (bicyclic) bond motifs is 1. The van der Waals surface area contributed by atoms with Gasteiger partial charge in [0.2, 0.25) is 0 Å². The number of aromatic amines is 1. The average Bonchev–Trinajstić information content (AvgIpc) is 3.02. The quantitative estimate of drug-likeness (QED) is 0.572. The van der Waals surface area contributed by atoms with E-state index in [-0.39, 0.29) is 5.24 Å². The van der Waals surface area contributed by atoms with Gasteiger partial charge in [-0.05, 0) is 41.6 Å². The van der Waals surface area contributed by atoms with Crippen molar-refractivity contribution in [2.24, 2.45) is 0 Å². The van der Waals surface area contributed by atoms with Crippen LogP contribution in [0.4, 0.5) is 18.0 Å². The maximum atomic E-state index is 12.8. The molecule has 1 amide bonds. The Labute approximate surface area is 150 Å². The van der Waals surface area contributed by atoms with Gasteiger partial charge in [-0.2, -0.15) is 17.5 Å². The van der Waals surface area contributed by atoms with Crippen molar-refractivity contribution in [3.05, 3.63) is 48.2 Å². The SMILES string of the molecule is CN(C)C(=O)Sc1ccc2c[nH+]sc2c1-c1ccc(C(F)(F)F)cc1. The Morgan fingerprint density at radius 1 is 1.12 bits per heavy atom. The number of hydrogen-bond acceptors (Lipinski definition) is 3. The lowest BCUT2D eigenvalue weighted by molar-refractivity contribution is -0.287. The molecule has 0 radical (unpaired) electrons. The number of alkyl halides is 3. The first-order valence-corrected chi connectivity index (χ1v) is 8.90. The molecule has 1 N–H and O–H groups in total. The molecule has 0 unspecified atom stereocenters. The summed E-state index contributed by atoms with van der Waals surface area (Å²) >= 11 is 2.44. The first kappa shape index (κ1) is 17.8. The second-order valence-corrected chi connectivity index (χ2v) is 7.40. The van der Waals surface area contributed by atoms with E-state index < -0.39 is 11.7 Å². The molecule has 0 fully saturated rings. The van der Waals surface area contributed by atoms with Crippen LogP contribution in [0.3, 0.4) is 0 Å². The van der Waals surface area contributed by atoms with E-state index >= 15 is 0 Å². The van der Waals surface area contributed by atoms with Crippen LogP contribution in [0, 0.1) is 0 Å². The second kappa shape index (κ2) is 6.68. The van der Waals surface area contributed by atoms with Gasteiger partial charge in [0.1, 0.15) is 16.2 Å². The summed E-state index contributed by atoms with van der Waals surface area (Å²) in [6, 6.07) is 8.73. The minimum atomic E-state index is -4.38. The zero-order valence-corrected chi connectivity index (χ0v) is 15.0. The van der Waals surface area contributed by atoms with Crippen LogP contribution in [0.1, 0.15) is 5.56 Å². The fourth-order valence-electron chi connectivity index (χ4n) is 2.33. The molecule has 3 rings (SSSR count). The summed E-state index contributed by atoms with van der Waals surface area (Å²) < 4.78 is 42.4. The van der Waals surface area contributed by atoms with Gasteiger partial charge in [-0.25, -0.2) is 0 Å². The van der Waals surface area contributed by atoms with Gasteiger partial charge in [-0.15, -0.1) is 0 Å². The lowest BCUT2D eigenvalue weighted by atomic mass is 10.0. The molecule has 3 aromatic rings. The van der Waals surface area contributed by atoms with Gasteiger partial charge in [0, 0.05) is 24.6 Å². The molecule has 1 aromatic heterocycles. The molecule has 2 aromatic carbocycles. The predicted molar refractivity (Wildman–Crippen MR) is 93.8 cm³/mol. The van der Waals surface area contributed by atoms with Crippen molar-refractivity contribution in [3.8, 4) is 11.1 Å². The van der Waals surface area contributed by atoms with E-state index in [1.54, 1.807) is 14.1 Å². The molecule has 0 spiro atoms. The number of aromatic nitrogens is 1. The fraction of sp³-hybridized carbons (Fsp3) is 0.176. The van der Waals surface area contributed by atoms with Crippen molar-refractivity contribution in [3.63, 3.8) is 0 Å². The number of rotatable bonds is 2. The molecule has 25 heavy (non-hydrogen) atoms. The number of benzene rings is 2. The van der Waals surface area contributed by atoms with Gasteiger partial charge in [-0.1, -0.05) is 12.1 Å². The number of hydrogen-bond donors (Lipinski definition) is 0. The smallest absolute Gasteiger partial charge is 0.339 e. The van der Waals surface area contributed by atoms with Crippen molar-refractivity contribution >= 4 is 38.6 Å². The predicted octanol–water partition coefficient (Wildman–Crippen LogP) is 5.17.